The average Bonchev–Trinajstić information content (AvgIpc) is 2.41. The fourth-order valence-electron chi connectivity index (χ4n) is 2.51. The van der Waals surface area contributed by atoms with Crippen LogP contribution in [-0.2, 0) is 4.74 Å². The topological polar surface area (TPSA) is 21.3 Å². The molecule has 2 rings (SSSR count). The number of nitrogens with one attached hydrogen (secondary N) is 1. The molecule has 0 spiro atoms. The number of benzene rings is 1. The molecule has 1 aliphatic rings. The number of ether oxygens (including phenoxy) is 1. The van der Waals surface area contributed by atoms with Crippen LogP contribution in [0.25, 0.3) is 0 Å². The number of rotatable bonds is 4. The van der Waals surface area contributed by atoms with Gasteiger partial charge >= 0.3 is 0 Å². The Labute approximate surface area is 122 Å². The maximum absolute atomic E-state index is 6.37. The molecule has 1 aromatic carbocycles. The molecular weight excluding hydrogens is 314 g/mol. The molecule has 1 atom stereocenters. The summed E-state index contributed by atoms with van der Waals surface area (Å²) in [5, 5.41) is 4.21. The molecule has 2 nitrogen and oxygen atoms in total. The van der Waals surface area contributed by atoms with Crippen molar-refractivity contribution >= 4 is 27.5 Å². The number of hydrogen-bond donors (Lipinski definition) is 1. The van der Waals surface area contributed by atoms with Crippen molar-refractivity contribution in [3.63, 3.8) is 0 Å². The smallest absolute Gasteiger partial charge is 0.0595 e. The Morgan fingerprint density at radius 2 is 2.17 bits per heavy atom. The van der Waals surface area contributed by atoms with Gasteiger partial charge in [0.25, 0.3) is 0 Å². The highest BCUT2D eigenvalue weighted by molar-refractivity contribution is 9.10. The van der Waals surface area contributed by atoms with E-state index in [4.69, 9.17) is 16.3 Å². The molecule has 1 saturated heterocycles. The Kier molecular flexibility index (Phi) is 5.49. The summed E-state index contributed by atoms with van der Waals surface area (Å²) in [5.41, 5.74) is 1.18. The first-order valence-electron chi connectivity index (χ1n) is 6.41. The molecule has 1 unspecified atom stereocenters. The Morgan fingerprint density at radius 1 is 1.44 bits per heavy atom. The van der Waals surface area contributed by atoms with Gasteiger partial charge in [0, 0.05) is 23.7 Å². The van der Waals surface area contributed by atoms with Crippen LogP contribution < -0.4 is 5.32 Å². The van der Waals surface area contributed by atoms with Crippen molar-refractivity contribution < 1.29 is 4.74 Å². The Bertz CT molecular complexity index is 393. The van der Waals surface area contributed by atoms with Crippen molar-refractivity contribution in [2.24, 2.45) is 5.92 Å². The zero-order valence-corrected chi connectivity index (χ0v) is 12.9. The molecule has 4 heteroatoms. The standard InChI is InChI=1S/C14H19BrClNO/c1-17-13(9-10-5-7-18-8-6-10)11-3-2-4-12(15)14(11)16/h2-4,10,13,17H,5-9H2,1H3. The second kappa shape index (κ2) is 6.90. The number of hydrogen-bond acceptors (Lipinski definition) is 2. The molecule has 0 amide bonds. The maximum atomic E-state index is 6.37. The third kappa shape index (κ3) is 3.47. The van der Waals surface area contributed by atoms with E-state index in [-0.39, 0.29) is 0 Å². The van der Waals surface area contributed by atoms with E-state index < -0.39 is 0 Å². The van der Waals surface area contributed by atoms with Gasteiger partial charge in [0.2, 0.25) is 0 Å². The average molecular weight is 333 g/mol. The zero-order valence-electron chi connectivity index (χ0n) is 10.6. The summed E-state index contributed by atoms with van der Waals surface area (Å²) < 4.78 is 6.38. The van der Waals surface area contributed by atoms with E-state index in [1.54, 1.807) is 0 Å². The van der Waals surface area contributed by atoms with Crippen LogP contribution in [0.3, 0.4) is 0 Å². The third-order valence-electron chi connectivity index (χ3n) is 3.62. The normalized spacial score (nSPS) is 18.8. The molecule has 1 fully saturated rings. The van der Waals surface area contributed by atoms with Crippen molar-refractivity contribution in [2.75, 3.05) is 20.3 Å². The first-order valence-corrected chi connectivity index (χ1v) is 7.58. The molecule has 0 bridgehead atoms. The van der Waals surface area contributed by atoms with Gasteiger partial charge in [0.15, 0.2) is 0 Å². The third-order valence-corrected chi connectivity index (χ3v) is 4.93. The molecular formula is C14H19BrClNO. The lowest BCUT2D eigenvalue weighted by Crippen LogP contribution is -2.24. The molecule has 1 N–H and O–H groups in total. The molecule has 0 radical (unpaired) electrons. The first kappa shape index (κ1) is 14.3. The van der Waals surface area contributed by atoms with Gasteiger partial charge in [0.1, 0.15) is 0 Å². The lowest BCUT2D eigenvalue weighted by atomic mass is 9.89. The minimum atomic E-state index is 0.318. The molecule has 0 aliphatic carbocycles. The van der Waals surface area contributed by atoms with Crippen molar-refractivity contribution in [3.05, 3.63) is 33.3 Å². The molecule has 1 aromatic rings. The van der Waals surface area contributed by atoms with Gasteiger partial charge in [-0.15, -0.1) is 0 Å². The zero-order chi connectivity index (χ0) is 13.0. The summed E-state index contributed by atoms with van der Waals surface area (Å²) >= 11 is 9.86. The summed E-state index contributed by atoms with van der Waals surface area (Å²) in [5.74, 6) is 0.728. The molecule has 100 valence electrons. The molecule has 0 aromatic heterocycles. The van der Waals surface area contributed by atoms with Gasteiger partial charge in [-0.3, -0.25) is 0 Å². The van der Waals surface area contributed by atoms with Gasteiger partial charge in [0.05, 0.1) is 5.02 Å². The van der Waals surface area contributed by atoms with Gasteiger partial charge < -0.3 is 10.1 Å². The van der Waals surface area contributed by atoms with Crippen molar-refractivity contribution in [2.45, 2.75) is 25.3 Å². The van der Waals surface area contributed by atoms with Gasteiger partial charge in [-0.2, -0.15) is 0 Å². The quantitative estimate of drug-likeness (QED) is 0.893. The monoisotopic (exact) mass is 331 g/mol. The number of halogens is 2. The van der Waals surface area contributed by atoms with Crippen LogP contribution in [0.5, 0.6) is 0 Å². The van der Waals surface area contributed by atoms with Gasteiger partial charge in [-0.1, -0.05) is 23.7 Å². The minimum absolute atomic E-state index is 0.318. The van der Waals surface area contributed by atoms with Crippen LogP contribution in [0, 0.1) is 5.92 Å². The SMILES string of the molecule is CNC(CC1CCOCC1)c1cccc(Br)c1Cl. The van der Waals surface area contributed by atoms with Crippen LogP contribution in [0.15, 0.2) is 22.7 Å². The Balaban J connectivity index is 2.09. The highest BCUT2D eigenvalue weighted by Crippen LogP contribution is 2.34. The Hall–Kier alpha value is -0.0900. The predicted octanol–water partition coefficient (Wildman–Crippen LogP) is 4.18. The van der Waals surface area contributed by atoms with Gasteiger partial charge in [-0.25, -0.2) is 0 Å². The van der Waals surface area contributed by atoms with E-state index in [9.17, 15) is 0 Å². The Morgan fingerprint density at radius 3 is 2.83 bits per heavy atom. The highest BCUT2D eigenvalue weighted by atomic mass is 79.9. The fraction of sp³-hybridized carbons (Fsp3) is 0.571. The lowest BCUT2D eigenvalue weighted by molar-refractivity contribution is 0.0608. The summed E-state index contributed by atoms with van der Waals surface area (Å²) in [6.45, 7) is 1.79. The molecule has 18 heavy (non-hydrogen) atoms. The largest absolute Gasteiger partial charge is 0.381 e. The van der Waals surface area contributed by atoms with Crippen LogP contribution in [0.1, 0.15) is 30.9 Å². The maximum Gasteiger partial charge on any atom is 0.0595 e. The van der Waals surface area contributed by atoms with Crippen LogP contribution in [0.4, 0.5) is 0 Å². The second-order valence-electron chi connectivity index (χ2n) is 4.78. The van der Waals surface area contributed by atoms with Crippen LogP contribution in [0.2, 0.25) is 5.02 Å². The van der Waals surface area contributed by atoms with Gasteiger partial charge in [-0.05, 0) is 59.8 Å². The summed E-state index contributed by atoms with van der Waals surface area (Å²) in [6, 6.07) is 6.44. The molecule has 1 aliphatic heterocycles. The summed E-state index contributed by atoms with van der Waals surface area (Å²) in [7, 11) is 2.00. The van der Waals surface area contributed by atoms with E-state index in [0.717, 1.165) is 47.9 Å². The predicted molar refractivity (Wildman–Crippen MR) is 79.1 cm³/mol. The van der Waals surface area contributed by atoms with E-state index in [0.29, 0.717) is 6.04 Å². The van der Waals surface area contributed by atoms with Crippen molar-refractivity contribution in [3.8, 4) is 0 Å². The highest BCUT2D eigenvalue weighted by Gasteiger charge is 2.21. The lowest BCUT2D eigenvalue weighted by Gasteiger charge is -2.27. The van der Waals surface area contributed by atoms with E-state index in [2.05, 4.69) is 27.3 Å². The minimum Gasteiger partial charge on any atom is -0.381 e. The van der Waals surface area contributed by atoms with Crippen molar-refractivity contribution in [1.82, 2.24) is 5.32 Å². The summed E-state index contributed by atoms with van der Waals surface area (Å²) in [6.07, 6.45) is 3.43. The second-order valence-corrected chi connectivity index (χ2v) is 6.01. The fourth-order valence-corrected chi connectivity index (χ4v) is 3.14. The summed E-state index contributed by atoms with van der Waals surface area (Å²) in [4.78, 5) is 0. The van der Waals surface area contributed by atoms with Crippen LogP contribution >= 0.6 is 27.5 Å². The van der Waals surface area contributed by atoms with Crippen LogP contribution in [-0.4, -0.2) is 20.3 Å². The van der Waals surface area contributed by atoms with E-state index in [1.807, 2.05) is 19.2 Å². The van der Waals surface area contributed by atoms with E-state index in [1.165, 1.54) is 5.56 Å². The van der Waals surface area contributed by atoms with Crippen molar-refractivity contribution in [1.29, 1.82) is 0 Å². The van der Waals surface area contributed by atoms with E-state index >= 15 is 0 Å². The first-order chi connectivity index (χ1) is 8.72. The molecule has 0 saturated carbocycles. The molecule has 1 heterocycles.